The molecular weight excluding hydrogens is 152 g/mol. The zero-order valence-electron chi connectivity index (χ0n) is 8.33. The van der Waals surface area contributed by atoms with Gasteiger partial charge in [0.1, 0.15) is 5.84 Å². The lowest BCUT2D eigenvalue weighted by molar-refractivity contribution is -0.00400. The molecule has 0 atom stereocenters. The summed E-state index contributed by atoms with van der Waals surface area (Å²) in [7, 11) is 1.97. The molecule has 70 valence electrons. The molecule has 4 heteroatoms. The number of hydrazine groups is 2. The Morgan fingerprint density at radius 3 is 2.58 bits per heavy atom. The Balaban J connectivity index is 2.32. The van der Waals surface area contributed by atoms with Crippen molar-refractivity contribution in [2.75, 3.05) is 13.6 Å². The molecule has 0 aromatic carbocycles. The second-order valence-electron chi connectivity index (χ2n) is 3.60. The summed E-state index contributed by atoms with van der Waals surface area (Å²) in [4.78, 5) is 0. The molecule has 4 nitrogen and oxygen atoms in total. The SMILES string of the molecule is CC1=NN(CCC(C)C)N(C)N1. The van der Waals surface area contributed by atoms with E-state index in [4.69, 9.17) is 0 Å². The van der Waals surface area contributed by atoms with E-state index in [1.165, 1.54) is 6.42 Å². The highest BCUT2D eigenvalue weighted by Crippen LogP contribution is 2.06. The maximum atomic E-state index is 4.31. The van der Waals surface area contributed by atoms with E-state index in [0.717, 1.165) is 18.3 Å². The van der Waals surface area contributed by atoms with Gasteiger partial charge >= 0.3 is 0 Å². The molecule has 0 unspecified atom stereocenters. The smallest absolute Gasteiger partial charge is 0.136 e. The normalized spacial score (nSPS) is 18.4. The molecular formula is C8H18N4. The molecule has 0 radical (unpaired) electrons. The molecule has 1 N–H and O–H groups in total. The van der Waals surface area contributed by atoms with E-state index in [9.17, 15) is 0 Å². The summed E-state index contributed by atoms with van der Waals surface area (Å²) in [5.41, 5.74) is 3.10. The molecule has 1 heterocycles. The minimum atomic E-state index is 0.731. The van der Waals surface area contributed by atoms with Crippen molar-refractivity contribution in [3.63, 3.8) is 0 Å². The Morgan fingerprint density at radius 1 is 1.50 bits per heavy atom. The van der Waals surface area contributed by atoms with Crippen LogP contribution in [0.2, 0.25) is 0 Å². The average Bonchev–Trinajstić information content (AvgIpc) is 2.26. The number of nitrogens with one attached hydrogen (secondary N) is 1. The van der Waals surface area contributed by atoms with Crippen LogP contribution in [0.25, 0.3) is 0 Å². The summed E-state index contributed by atoms with van der Waals surface area (Å²) in [6.07, 6.45) is 1.17. The van der Waals surface area contributed by atoms with Crippen LogP contribution < -0.4 is 5.43 Å². The molecule has 0 aliphatic carbocycles. The first-order valence-corrected chi connectivity index (χ1v) is 4.42. The van der Waals surface area contributed by atoms with Gasteiger partial charge in [0.25, 0.3) is 0 Å². The number of rotatable bonds is 3. The number of hydrogen-bond acceptors (Lipinski definition) is 4. The predicted molar refractivity (Wildman–Crippen MR) is 50.2 cm³/mol. The van der Waals surface area contributed by atoms with Crippen LogP contribution in [0.3, 0.4) is 0 Å². The van der Waals surface area contributed by atoms with Crippen LogP contribution in [-0.2, 0) is 0 Å². The van der Waals surface area contributed by atoms with Gasteiger partial charge in [-0.15, -0.1) is 10.2 Å². The molecule has 0 spiro atoms. The first kappa shape index (κ1) is 9.32. The quantitative estimate of drug-likeness (QED) is 0.686. The van der Waals surface area contributed by atoms with Gasteiger partial charge in [-0.2, -0.15) is 0 Å². The molecule has 0 aromatic heterocycles. The summed E-state index contributed by atoms with van der Waals surface area (Å²) in [6, 6.07) is 0. The summed E-state index contributed by atoms with van der Waals surface area (Å²) < 4.78 is 0. The number of hydrogen-bond donors (Lipinski definition) is 1. The topological polar surface area (TPSA) is 30.9 Å². The Labute approximate surface area is 74.2 Å². The highest BCUT2D eigenvalue weighted by Gasteiger charge is 2.15. The molecule has 0 fully saturated rings. The minimum absolute atomic E-state index is 0.731. The van der Waals surface area contributed by atoms with Gasteiger partial charge in [0.2, 0.25) is 0 Å². The standard InChI is InChI=1S/C8H18N4/c1-7(2)5-6-12-10-8(3)9-11(12)4/h7H,5-6H2,1-4H3,(H,9,10). The van der Waals surface area contributed by atoms with Gasteiger partial charge in [-0.05, 0) is 19.3 Å². The first-order valence-electron chi connectivity index (χ1n) is 4.42. The summed E-state index contributed by atoms with van der Waals surface area (Å²) in [5.74, 6) is 1.69. The van der Waals surface area contributed by atoms with Crippen LogP contribution in [0.1, 0.15) is 27.2 Å². The van der Waals surface area contributed by atoms with Crippen LogP contribution in [0.5, 0.6) is 0 Å². The third-order valence-corrected chi connectivity index (χ3v) is 1.84. The van der Waals surface area contributed by atoms with Gasteiger partial charge in [-0.1, -0.05) is 13.8 Å². The van der Waals surface area contributed by atoms with E-state index in [1.54, 1.807) is 0 Å². The number of hydrazone groups is 1. The fourth-order valence-electron chi connectivity index (χ4n) is 1.13. The minimum Gasteiger partial charge on any atom is -0.286 e. The van der Waals surface area contributed by atoms with Gasteiger partial charge < -0.3 is 0 Å². The average molecular weight is 170 g/mol. The monoisotopic (exact) mass is 170 g/mol. The van der Waals surface area contributed by atoms with Crippen LogP contribution in [0.4, 0.5) is 0 Å². The van der Waals surface area contributed by atoms with Gasteiger partial charge in [-0.25, -0.2) is 5.12 Å². The fourth-order valence-corrected chi connectivity index (χ4v) is 1.13. The number of nitrogens with zero attached hydrogens (tertiary/aromatic N) is 3. The lowest BCUT2D eigenvalue weighted by Gasteiger charge is -2.22. The Bertz CT molecular complexity index is 176. The van der Waals surface area contributed by atoms with Gasteiger partial charge in [-0.3, -0.25) is 5.43 Å². The van der Waals surface area contributed by atoms with Crippen LogP contribution in [-0.4, -0.2) is 29.7 Å². The largest absolute Gasteiger partial charge is 0.286 e. The second kappa shape index (κ2) is 3.76. The third kappa shape index (κ3) is 2.37. The molecule has 0 saturated carbocycles. The molecule has 12 heavy (non-hydrogen) atoms. The van der Waals surface area contributed by atoms with Crippen molar-refractivity contribution in [2.45, 2.75) is 27.2 Å². The highest BCUT2D eigenvalue weighted by atomic mass is 15.9. The number of amidine groups is 1. The predicted octanol–water partition coefficient (Wildman–Crippen LogP) is 1.03. The van der Waals surface area contributed by atoms with Crippen molar-refractivity contribution in [1.29, 1.82) is 0 Å². The molecule has 0 bridgehead atoms. The van der Waals surface area contributed by atoms with E-state index < -0.39 is 0 Å². The molecule has 1 rings (SSSR count). The molecule has 1 aliphatic heterocycles. The summed E-state index contributed by atoms with van der Waals surface area (Å²) in [5, 5.41) is 8.17. The first-order chi connectivity index (χ1) is 5.59. The molecule has 1 aliphatic rings. The lowest BCUT2D eigenvalue weighted by atomic mass is 10.1. The van der Waals surface area contributed by atoms with E-state index in [2.05, 4.69) is 24.4 Å². The van der Waals surface area contributed by atoms with E-state index in [-0.39, 0.29) is 0 Å². The van der Waals surface area contributed by atoms with E-state index >= 15 is 0 Å². The van der Waals surface area contributed by atoms with E-state index in [0.29, 0.717) is 0 Å². The molecule has 0 aromatic rings. The van der Waals surface area contributed by atoms with Crippen LogP contribution in [0, 0.1) is 5.92 Å². The summed E-state index contributed by atoms with van der Waals surface area (Å²) in [6.45, 7) is 7.39. The maximum Gasteiger partial charge on any atom is 0.136 e. The van der Waals surface area contributed by atoms with Gasteiger partial charge in [0, 0.05) is 7.05 Å². The highest BCUT2D eigenvalue weighted by molar-refractivity contribution is 5.79. The van der Waals surface area contributed by atoms with Crippen molar-refractivity contribution < 1.29 is 0 Å². The fraction of sp³-hybridized carbons (Fsp3) is 0.875. The van der Waals surface area contributed by atoms with Crippen molar-refractivity contribution in [2.24, 2.45) is 11.0 Å². The van der Waals surface area contributed by atoms with Crippen molar-refractivity contribution in [1.82, 2.24) is 15.7 Å². The van der Waals surface area contributed by atoms with Crippen LogP contribution in [0.15, 0.2) is 5.10 Å². The summed E-state index contributed by atoms with van der Waals surface area (Å²) >= 11 is 0. The Hall–Kier alpha value is -0.770. The maximum absolute atomic E-state index is 4.31. The van der Waals surface area contributed by atoms with Gasteiger partial charge in [0.05, 0.1) is 6.54 Å². The molecule has 0 saturated heterocycles. The molecule has 0 amide bonds. The second-order valence-corrected chi connectivity index (χ2v) is 3.60. The Morgan fingerprint density at radius 2 is 2.17 bits per heavy atom. The van der Waals surface area contributed by atoms with Gasteiger partial charge in [0.15, 0.2) is 0 Å². The zero-order chi connectivity index (χ0) is 9.14. The van der Waals surface area contributed by atoms with E-state index in [1.807, 2.05) is 24.2 Å². The van der Waals surface area contributed by atoms with Crippen molar-refractivity contribution in [3.8, 4) is 0 Å². The van der Waals surface area contributed by atoms with Crippen molar-refractivity contribution in [3.05, 3.63) is 0 Å². The van der Waals surface area contributed by atoms with Crippen LogP contribution >= 0.6 is 0 Å². The third-order valence-electron chi connectivity index (χ3n) is 1.84. The zero-order valence-corrected chi connectivity index (χ0v) is 8.33. The van der Waals surface area contributed by atoms with Crippen molar-refractivity contribution >= 4 is 5.84 Å². The Kier molecular flexibility index (Phi) is 2.92. The lowest BCUT2D eigenvalue weighted by Crippen LogP contribution is -2.40.